The summed E-state index contributed by atoms with van der Waals surface area (Å²) in [5.41, 5.74) is 2.87. The van der Waals surface area contributed by atoms with Crippen LogP contribution in [0.3, 0.4) is 0 Å². The topological polar surface area (TPSA) is 107 Å². The van der Waals surface area contributed by atoms with Gasteiger partial charge in [-0.2, -0.15) is 0 Å². The molecule has 0 bridgehead atoms. The van der Waals surface area contributed by atoms with Crippen LogP contribution in [0.25, 0.3) is 22.0 Å². The number of rotatable bonds is 7. The number of hydrogen-bond donors (Lipinski definition) is 1. The smallest absolute Gasteiger partial charge is 0.238 e. The molecule has 1 saturated carbocycles. The van der Waals surface area contributed by atoms with E-state index in [9.17, 15) is 8.42 Å². The van der Waals surface area contributed by atoms with E-state index >= 15 is 0 Å². The summed E-state index contributed by atoms with van der Waals surface area (Å²) in [5.74, 6) is 1.15. The lowest BCUT2D eigenvalue weighted by atomic mass is 10.0. The highest BCUT2D eigenvalue weighted by molar-refractivity contribution is 7.93. The number of pyridine rings is 1. The molecule has 0 unspecified atom stereocenters. The van der Waals surface area contributed by atoms with E-state index in [4.69, 9.17) is 9.47 Å². The third-order valence-electron chi connectivity index (χ3n) is 5.61. The highest BCUT2D eigenvalue weighted by Crippen LogP contribution is 2.35. The summed E-state index contributed by atoms with van der Waals surface area (Å²) < 4.78 is 38.8. The molecule has 0 amide bonds. The van der Waals surface area contributed by atoms with Gasteiger partial charge >= 0.3 is 0 Å². The molecule has 0 radical (unpaired) electrons. The first kappa shape index (κ1) is 20.9. The van der Waals surface area contributed by atoms with Gasteiger partial charge in [-0.3, -0.25) is 4.72 Å². The molecule has 1 aromatic carbocycles. The molecular formula is C22H25N5O4S. The molecule has 3 heterocycles. The van der Waals surface area contributed by atoms with E-state index in [0.717, 1.165) is 40.9 Å². The number of anilines is 2. The van der Waals surface area contributed by atoms with Crippen LogP contribution in [0, 0.1) is 0 Å². The van der Waals surface area contributed by atoms with E-state index in [1.165, 1.54) is 0 Å². The standard InChI is InChI=1S/C22H25N5O4S/c1-2-31-22-20(26-32(28,29)17-4-5-17)12-16(13-23-22)15-3-6-19-18(11-15)21(25-14-24-19)27-7-9-30-10-8-27/h3,6,11-14,17,26H,2,4-5,7-10H2,1H3. The van der Waals surface area contributed by atoms with Crippen LogP contribution in [0.2, 0.25) is 0 Å². The van der Waals surface area contributed by atoms with E-state index in [-0.39, 0.29) is 11.1 Å². The monoisotopic (exact) mass is 455 g/mol. The summed E-state index contributed by atoms with van der Waals surface area (Å²) in [6, 6.07) is 7.70. The maximum absolute atomic E-state index is 12.5. The summed E-state index contributed by atoms with van der Waals surface area (Å²) in [4.78, 5) is 15.5. The third kappa shape index (κ3) is 4.20. The number of ether oxygens (including phenoxy) is 2. The Labute approximate surface area is 186 Å². The Balaban J connectivity index is 1.54. The molecule has 0 spiro atoms. The molecule has 2 fully saturated rings. The van der Waals surface area contributed by atoms with Crippen LogP contribution in [0.1, 0.15) is 19.8 Å². The van der Waals surface area contributed by atoms with Crippen molar-refractivity contribution in [1.82, 2.24) is 15.0 Å². The molecule has 1 aliphatic carbocycles. The van der Waals surface area contributed by atoms with Crippen LogP contribution >= 0.6 is 0 Å². The molecule has 1 saturated heterocycles. The molecule has 2 aromatic heterocycles. The van der Waals surface area contributed by atoms with Gasteiger partial charge < -0.3 is 14.4 Å². The van der Waals surface area contributed by atoms with E-state index in [1.807, 2.05) is 25.1 Å². The molecule has 32 heavy (non-hydrogen) atoms. The molecular weight excluding hydrogens is 430 g/mol. The van der Waals surface area contributed by atoms with Crippen molar-refractivity contribution in [3.63, 3.8) is 0 Å². The Bertz CT molecular complexity index is 1240. The zero-order valence-corrected chi connectivity index (χ0v) is 18.6. The minimum absolute atomic E-state index is 0.276. The van der Waals surface area contributed by atoms with Crippen LogP contribution in [-0.2, 0) is 14.8 Å². The van der Waals surface area contributed by atoms with E-state index in [2.05, 4.69) is 24.6 Å². The van der Waals surface area contributed by atoms with Crippen molar-refractivity contribution in [1.29, 1.82) is 0 Å². The van der Waals surface area contributed by atoms with Gasteiger partial charge in [-0.1, -0.05) is 6.07 Å². The minimum atomic E-state index is -3.44. The zero-order chi connectivity index (χ0) is 22.1. The quantitative estimate of drug-likeness (QED) is 0.580. The number of sulfonamides is 1. The van der Waals surface area contributed by atoms with E-state index < -0.39 is 10.0 Å². The predicted molar refractivity (Wildman–Crippen MR) is 123 cm³/mol. The van der Waals surface area contributed by atoms with Crippen LogP contribution in [0.4, 0.5) is 11.5 Å². The molecule has 3 aromatic rings. The van der Waals surface area contributed by atoms with Crippen LogP contribution < -0.4 is 14.4 Å². The first-order valence-corrected chi connectivity index (χ1v) is 12.3. The van der Waals surface area contributed by atoms with Crippen molar-refractivity contribution < 1.29 is 17.9 Å². The van der Waals surface area contributed by atoms with Crippen molar-refractivity contribution in [3.05, 3.63) is 36.8 Å². The predicted octanol–water partition coefficient (Wildman–Crippen LogP) is 2.83. The first-order valence-electron chi connectivity index (χ1n) is 10.8. The average Bonchev–Trinajstić information content (AvgIpc) is 3.66. The molecule has 1 N–H and O–H groups in total. The van der Waals surface area contributed by atoms with Gasteiger partial charge in [0.1, 0.15) is 17.8 Å². The Morgan fingerprint density at radius 3 is 2.69 bits per heavy atom. The van der Waals surface area contributed by atoms with Crippen molar-refractivity contribution in [2.75, 3.05) is 42.5 Å². The van der Waals surface area contributed by atoms with Gasteiger partial charge in [-0.05, 0) is 43.5 Å². The SMILES string of the molecule is CCOc1ncc(-c2ccc3ncnc(N4CCOCC4)c3c2)cc1NS(=O)(=O)C1CC1. The highest BCUT2D eigenvalue weighted by atomic mass is 32.2. The summed E-state index contributed by atoms with van der Waals surface area (Å²) in [5, 5.41) is 0.593. The lowest BCUT2D eigenvalue weighted by Gasteiger charge is -2.28. The fraction of sp³-hybridized carbons (Fsp3) is 0.409. The van der Waals surface area contributed by atoms with Gasteiger partial charge in [0.2, 0.25) is 15.9 Å². The van der Waals surface area contributed by atoms with Crippen molar-refractivity contribution in [2.24, 2.45) is 0 Å². The van der Waals surface area contributed by atoms with Crippen molar-refractivity contribution in [3.8, 4) is 17.0 Å². The van der Waals surface area contributed by atoms with Crippen molar-refractivity contribution in [2.45, 2.75) is 25.0 Å². The molecule has 168 valence electrons. The van der Waals surface area contributed by atoms with Gasteiger partial charge in [0, 0.05) is 30.2 Å². The van der Waals surface area contributed by atoms with Crippen LogP contribution in [0.5, 0.6) is 5.88 Å². The normalized spacial score (nSPS) is 16.8. The number of nitrogens with zero attached hydrogens (tertiary/aromatic N) is 4. The lowest BCUT2D eigenvalue weighted by Crippen LogP contribution is -2.36. The Morgan fingerprint density at radius 2 is 1.94 bits per heavy atom. The molecule has 9 nitrogen and oxygen atoms in total. The maximum atomic E-state index is 12.5. The minimum Gasteiger partial charge on any atom is -0.476 e. The molecule has 1 aliphatic heterocycles. The number of benzene rings is 1. The lowest BCUT2D eigenvalue weighted by molar-refractivity contribution is 0.122. The van der Waals surface area contributed by atoms with Crippen LogP contribution in [-0.4, -0.2) is 61.5 Å². The second-order valence-electron chi connectivity index (χ2n) is 7.88. The number of hydrogen-bond acceptors (Lipinski definition) is 8. The second-order valence-corrected chi connectivity index (χ2v) is 9.85. The molecule has 2 aliphatic rings. The zero-order valence-electron chi connectivity index (χ0n) is 17.8. The van der Waals surface area contributed by atoms with Gasteiger partial charge in [0.15, 0.2) is 0 Å². The van der Waals surface area contributed by atoms with Gasteiger partial charge in [0.25, 0.3) is 0 Å². The maximum Gasteiger partial charge on any atom is 0.238 e. The Hall–Kier alpha value is -2.98. The molecule has 10 heteroatoms. The largest absolute Gasteiger partial charge is 0.476 e. The molecule has 5 rings (SSSR count). The Kier molecular flexibility index (Phi) is 5.56. The summed E-state index contributed by atoms with van der Waals surface area (Å²) in [7, 11) is -3.44. The summed E-state index contributed by atoms with van der Waals surface area (Å²) in [6.07, 6.45) is 4.64. The van der Waals surface area contributed by atoms with Crippen molar-refractivity contribution >= 4 is 32.4 Å². The highest BCUT2D eigenvalue weighted by Gasteiger charge is 2.36. The van der Waals surface area contributed by atoms with Gasteiger partial charge in [-0.15, -0.1) is 0 Å². The van der Waals surface area contributed by atoms with E-state index in [0.29, 0.717) is 38.3 Å². The van der Waals surface area contributed by atoms with Crippen LogP contribution in [0.15, 0.2) is 36.8 Å². The fourth-order valence-electron chi connectivity index (χ4n) is 3.80. The first-order chi connectivity index (χ1) is 15.5. The Morgan fingerprint density at radius 1 is 1.12 bits per heavy atom. The molecule has 0 atom stereocenters. The average molecular weight is 456 g/mol. The summed E-state index contributed by atoms with van der Waals surface area (Å²) >= 11 is 0. The van der Waals surface area contributed by atoms with E-state index in [1.54, 1.807) is 18.6 Å². The van der Waals surface area contributed by atoms with Gasteiger partial charge in [-0.25, -0.2) is 23.4 Å². The number of fused-ring (bicyclic) bond motifs is 1. The second kappa shape index (κ2) is 8.51. The number of nitrogens with one attached hydrogen (secondary N) is 1. The third-order valence-corrected chi connectivity index (χ3v) is 7.46. The van der Waals surface area contributed by atoms with Gasteiger partial charge in [0.05, 0.1) is 30.6 Å². The number of morpholine rings is 1. The number of aromatic nitrogens is 3. The summed E-state index contributed by atoms with van der Waals surface area (Å²) in [6.45, 7) is 5.10. The fourth-order valence-corrected chi connectivity index (χ4v) is 5.18.